The Morgan fingerprint density at radius 2 is 1.57 bits per heavy atom. The summed E-state index contributed by atoms with van der Waals surface area (Å²) < 4.78 is 30.5. The summed E-state index contributed by atoms with van der Waals surface area (Å²) in [5.41, 5.74) is -4.43. The number of cyclic esters (lactones) is 1. The maximum Gasteiger partial charge on any atom is 0.319 e. The zero-order chi connectivity index (χ0) is 39.6. The van der Waals surface area contributed by atoms with Crippen LogP contribution in [-0.4, -0.2) is 127 Å². The summed E-state index contributed by atoms with van der Waals surface area (Å²) >= 11 is 0. The summed E-state index contributed by atoms with van der Waals surface area (Å²) in [6, 6.07) is 0. The molecule has 6 fully saturated rings. The quantitative estimate of drug-likeness (QED) is 0.108. The van der Waals surface area contributed by atoms with Crippen LogP contribution in [-0.2, 0) is 28.5 Å². The van der Waals surface area contributed by atoms with E-state index in [0.717, 1.165) is 31.3 Å². The summed E-state index contributed by atoms with van der Waals surface area (Å²) in [7, 11) is 0. The van der Waals surface area contributed by atoms with E-state index in [1.807, 2.05) is 13.0 Å². The molecule has 18 unspecified atom stereocenters. The highest BCUT2D eigenvalue weighted by atomic mass is 16.8. The Morgan fingerprint density at radius 1 is 0.870 bits per heavy atom. The molecule has 54 heavy (non-hydrogen) atoms. The Kier molecular flexibility index (Phi) is 10.4. The van der Waals surface area contributed by atoms with Gasteiger partial charge in [0, 0.05) is 0 Å². The number of esters is 1. The Hall–Kier alpha value is -1.23. The number of ether oxygens (including phenoxy) is 5. The van der Waals surface area contributed by atoms with Crippen LogP contribution in [0.2, 0.25) is 0 Å². The van der Waals surface area contributed by atoms with Gasteiger partial charge in [0.25, 0.3) is 0 Å². The predicted octanol–water partition coefficient (Wildman–Crippen LogP) is 2.48. The number of allylic oxidation sites excluding steroid dienone is 1. The fourth-order valence-electron chi connectivity index (χ4n) is 12.9. The molecular formula is C41H66O13. The van der Waals surface area contributed by atoms with Crippen molar-refractivity contribution in [3.05, 3.63) is 11.6 Å². The number of carbonyl (C=O) groups is 1. The van der Waals surface area contributed by atoms with Gasteiger partial charge in [-0.3, -0.25) is 4.79 Å². The summed E-state index contributed by atoms with van der Waals surface area (Å²) in [5.74, 6) is 0.0586. The molecule has 13 nitrogen and oxygen atoms in total. The third kappa shape index (κ3) is 5.53. The maximum absolute atomic E-state index is 14.3. The van der Waals surface area contributed by atoms with E-state index < -0.39 is 94.8 Å². The van der Waals surface area contributed by atoms with E-state index in [1.165, 1.54) is 6.92 Å². The van der Waals surface area contributed by atoms with Gasteiger partial charge in [0.1, 0.15) is 53.2 Å². The molecular weight excluding hydrogens is 700 g/mol. The van der Waals surface area contributed by atoms with Crippen LogP contribution in [0.3, 0.4) is 0 Å². The summed E-state index contributed by atoms with van der Waals surface area (Å²) in [5, 5.41) is 77.8. The lowest BCUT2D eigenvalue weighted by atomic mass is 9.40. The molecule has 13 heteroatoms. The molecule has 1 spiro atoms. The normalized spacial score (nSPS) is 54.0. The van der Waals surface area contributed by atoms with Gasteiger partial charge in [-0.25, -0.2) is 0 Å². The van der Waals surface area contributed by atoms with Gasteiger partial charge in [-0.15, -0.1) is 0 Å². The molecule has 0 aromatic carbocycles. The zero-order valence-electron chi connectivity index (χ0n) is 33.3. The van der Waals surface area contributed by atoms with Gasteiger partial charge in [-0.2, -0.15) is 0 Å². The lowest BCUT2D eigenvalue weighted by Crippen LogP contribution is -2.68. The smallest absolute Gasteiger partial charge is 0.319 e. The van der Waals surface area contributed by atoms with Crippen LogP contribution in [0.4, 0.5) is 0 Å². The number of fused-ring (bicyclic) bond motifs is 4. The van der Waals surface area contributed by atoms with Gasteiger partial charge in [0.15, 0.2) is 12.6 Å². The molecule has 0 aromatic rings. The second-order valence-electron chi connectivity index (χ2n) is 19.7. The highest BCUT2D eigenvalue weighted by molar-refractivity contribution is 5.86. The SMILES string of the molecule is CC(C)CCCC1(C)OC(=O)C23C(O)C=C4C(CCC5C4(C)CCC(OC4OCC(O)C(O)C4OC4OC(C)C(O)C(O)C4O)C5(C)C)C2(C)CCC13O. The van der Waals surface area contributed by atoms with Crippen LogP contribution >= 0.6 is 0 Å². The van der Waals surface area contributed by atoms with Crippen molar-refractivity contribution >= 4 is 5.97 Å². The topological polar surface area (TPSA) is 205 Å². The van der Waals surface area contributed by atoms with Crippen molar-refractivity contribution in [2.75, 3.05) is 6.61 Å². The van der Waals surface area contributed by atoms with Gasteiger partial charge in [-0.1, -0.05) is 59.6 Å². The monoisotopic (exact) mass is 766 g/mol. The molecule has 0 amide bonds. The zero-order valence-corrected chi connectivity index (χ0v) is 33.3. The molecule has 3 saturated carbocycles. The van der Waals surface area contributed by atoms with Crippen LogP contribution in [0, 0.1) is 39.4 Å². The van der Waals surface area contributed by atoms with E-state index in [0.29, 0.717) is 38.0 Å². The average Bonchev–Trinajstić information content (AvgIpc) is 3.46. The fraction of sp³-hybridized carbons (Fsp3) is 0.927. The second-order valence-corrected chi connectivity index (χ2v) is 19.7. The lowest BCUT2D eigenvalue weighted by Gasteiger charge is -2.64. The minimum Gasteiger partial charge on any atom is -0.456 e. The summed E-state index contributed by atoms with van der Waals surface area (Å²) in [6.07, 6.45) is -5.45. The van der Waals surface area contributed by atoms with Crippen LogP contribution in [0.1, 0.15) is 113 Å². The molecule has 0 aromatic heterocycles. The van der Waals surface area contributed by atoms with Gasteiger partial charge in [0.05, 0.1) is 24.9 Å². The number of hydrogen-bond acceptors (Lipinski definition) is 13. The molecule has 308 valence electrons. The molecule has 3 saturated heterocycles. The van der Waals surface area contributed by atoms with Gasteiger partial charge in [0.2, 0.25) is 0 Å². The molecule has 3 aliphatic heterocycles. The Bertz CT molecular complexity index is 1470. The minimum atomic E-state index is -1.62. The standard InChI is InChI=1S/C41H66O13/c1-20(2)10-9-14-39(8)40(49)17-16-38(7)22-11-12-25-36(4,5)27(13-15-37(25,6)23(22)18-26(43)41(38,40)35(48)54-39)52-34-32(29(45)24(42)19-50-34)53-33-31(47)30(46)28(44)21(3)51-33/h18,20-22,24-34,42-47,49H,9-17,19H2,1-8H3. The number of carbonyl (C=O) groups excluding carboxylic acids is 1. The van der Waals surface area contributed by atoms with Gasteiger partial charge >= 0.3 is 5.97 Å². The van der Waals surface area contributed by atoms with Crippen LogP contribution in [0.25, 0.3) is 0 Å². The van der Waals surface area contributed by atoms with Crippen LogP contribution in [0.15, 0.2) is 11.6 Å². The van der Waals surface area contributed by atoms with E-state index in [2.05, 4.69) is 41.5 Å². The minimum absolute atomic E-state index is 0.0377. The van der Waals surface area contributed by atoms with Crippen LogP contribution < -0.4 is 0 Å². The first-order chi connectivity index (χ1) is 25.1. The lowest BCUT2D eigenvalue weighted by molar-refractivity contribution is -0.363. The summed E-state index contributed by atoms with van der Waals surface area (Å²) in [4.78, 5) is 14.3. The first-order valence-electron chi connectivity index (χ1n) is 20.4. The first-order valence-corrected chi connectivity index (χ1v) is 20.4. The van der Waals surface area contributed by atoms with Crippen molar-refractivity contribution in [1.82, 2.24) is 0 Å². The van der Waals surface area contributed by atoms with Crippen molar-refractivity contribution < 1.29 is 64.2 Å². The maximum atomic E-state index is 14.3. The first kappa shape index (κ1) is 40.9. The Balaban J connectivity index is 1.14. The van der Waals surface area contributed by atoms with Crippen molar-refractivity contribution in [2.45, 2.75) is 192 Å². The average molecular weight is 767 g/mol. The predicted molar refractivity (Wildman–Crippen MR) is 193 cm³/mol. The van der Waals surface area contributed by atoms with Crippen molar-refractivity contribution in [2.24, 2.45) is 39.4 Å². The third-order valence-corrected chi connectivity index (χ3v) is 16.1. The number of hydrogen-bond donors (Lipinski definition) is 7. The fourth-order valence-corrected chi connectivity index (χ4v) is 12.9. The third-order valence-electron chi connectivity index (χ3n) is 16.1. The Labute approximate surface area is 319 Å². The molecule has 4 aliphatic carbocycles. The van der Waals surface area contributed by atoms with E-state index in [-0.39, 0.29) is 30.0 Å². The highest BCUT2D eigenvalue weighted by Gasteiger charge is 2.85. The van der Waals surface area contributed by atoms with E-state index in [4.69, 9.17) is 23.7 Å². The second kappa shape index (κ2) is 13.7. The molecule has 0 bridgehead atoms. The molecule has 0 radical (unpaired) electrons. The highest BCUT2D eigenvalue weighted by Crippen LogP contribution is 2.77. The summed E-state index contributed by atoms with van der Waals surface area (Å²) in [6.45, 7) is 16.2. The number of aliphatic hydroxyl groups is 7. The van der Waals surface area contributed by atoms with Gasteiger partial charge < -0.3 is 59.4 Å². The molecule has 7 aliphatic rings. The largest absolute Gasteiger partial charge is 0.456 e. The van der Waals surface area contributed by atoms with Gasteiger partial charge in [-0.05, 0) is 99.2 Å². The Morgan fingerprint density at radius 3 is 2.26 bits per heavy atom. The van der Waals surface area contributed by atoms with Crippen molar-refractivity contribution in [3.8, 4) is 0 Å². The van der Waals surface area contributed by atoms with Crippen molar-refractivity contribution in [3.63, 3.8) is 0 Å². The molecule has 3 heterocycles. The molecule has 7 N–H and O–H groups in total. The van der Waals surface area contributed by atoms with E-state index in [1.54, 1.807) is 0 Å². The molecule has 18 atom stereocenters. The van der Waals surface area contributed by atoms with Crippen molar-refractivity contribution in [1.29, 1.82) is 0 Å². The number of aliphatic hydroxyl groups excluding tert-OH is 6. The van der Waals surface area contributed by atoms with E-state index in [9.17, 15) is 40.5 Å². The van der Waals surface area contributed by atoms with E-state index >= 15 is 0 Å². The molecule has 7 rings (SSSR count). The number of rotatable bonds is 8. The van der Waals surface area contributed by atoms with Crippen LogP contribution in [0.5, 0.6) is 0 Å².